The molecule has 7 heteroatoms. The number of likely N-dealkylation sites (N-methyl/N-ethyl adjacent to an activating group) is 1. The number of halogens is 2. The summed E-state index contributed by atoms with van der Waals surface area (Å²) in [6.07, 6.45) is 0.367. The average molecular weight is 374 g/mol. The Bertz CT molecular complexity index is 841. The number of benzene rings is 2. The maximum absolute atomic E-state index is 13.2. The number of nitrogens with zero attached hydrogens (tertiary/aromatic N) is 1. The minimum absolute atomic E-state index is 0.00600. The first-order valence-corrected chi connectivity index (χ1v) is 8.70. The number of alkyl halides is 2. The molecule has 0 bridgehead atoms. The molecule has 5 nitrogen and oxygen atoms in total. The van der Waals surface area contributed by atoms with E-state index in [9.17, 15) is 18.4 Å². The number of nitrogens with one attached hydrogen (secondary N) is 1. The average Bonchev–Trinajstić information content (AvgIpc) is 2.66. The van der Waals surface area contributed by atoms with Crippen LogP contribution in [0.3, 0.4) is 0 Å². The van der Waals surface area contributed by atoms with Gasteiger partial charge in [0.05, 0.1) is 5.56 Å². The summed E-state index contributed by atoms with van der Waals surface area (Å²) < 4.78 is 29.9. The van der Waals surface area contributed by atoms with Gasteiger partial charge >= 0.3 is 6.61 Å². The fraction of sp³-hybridized carbons (Fsp3) is 0.300. The Balaban J connectivity index is 1.97. The Morgan fingerprint density at radius 3 is 2.52 bits per heavy atom. The highest BCUT2D eigenvalue weighted by Gasteiger charge is 2.35. The van der Waals surface area contributed by atoms with Crippen molar-refractivity contribution in [3.05, 3.63) is 65.2 Å². The SMILES string of the molecule is CCNC(=O)[C@H]1Cc2ccccc2CN1C(=O)c1ccccc1OC(F)F. The van der Waals surface area contributed by atoms with E-state index in [4.69, 9.17) is 0 Å². The van der Waals surface area contributed by atoms with E-state index in [1.165, 1.54) is 23.1 Å². The van der Waals surface area contributed by atoms with Gasteiger partial charge < -0.3 is 15.0 Å². The molecule has 0 aliphatic carbocycles. The predicted octanol–water partition coefficient (Wildman–Crippen LogP) is 2.99. The molecule has 142 valence electrons. The maximum Gasteiger partial charge on any atom is 0.387 e. The first-order valence-electron chi connectivity index (χ1n) is 8.70. The zero-order chi connectivity index (χ0) is 19.4. The van der Waals surface area contributed by atoms with Crippen molar-refractivity contribution < 1.29 is 23.1 Å². The lowest BCUT2D eigenvalue weighted by Gasteiger charge is -2.36. The monoisotopic (exact) mass is 374 g/mol. The molecule has 0 aromatic heterocycles. The third kappa shape index (κ3) is 4.07. The van der Waals surface area contributed by atoms with Gasteiger partial charge in [0.1, 0.15) is 11.8 Å². The number of fused-ring (bicyclic) bond motifs is 1. The molecule has 1 aliphatic rings. The van der Waals surface area contributed by atoms with Crippen LogP contribution in [-0.4, -0.2) is 35.9 Å². The van der Waals surface area contributed by atoms with Crippen LogP contribution in [0, 0.1) is 0 Å². The summed E-state index contributed by atoms with van der Waals surface area (Å²) >= 11 is 0. The van der Waals surface area contributed by atoms with Crippen molar-refractivity contribution in [2.45, 2.75) is 32.5 Å². The highest BCUT2D eigenvalue weighted by Crippen LogP contribution is 2.28. The molecule has 0 saturated carbocycles. The number of carbonyl (C=O) groups is 2. The zero-order valence-electron chi connectivity index (χ0n) is 14.8. The normalized spacial score (nSPS) is 16.0. The molecule has 1 heterocycles. The second kappa shape index (κ2) is 8.16. The van der Waals surface area contributed by atoms with Crippen molar-refractivity contribution >= 4 is 11.8 Å². The molecule has 2 aromatic rings. The number of rotatable bonds is 5. The fourth-order valence-electron chi connectivity index (χ4n) is 3.26. The molecule has 1 aliphatic heterocycles. The highest BCUT2D eigenvalue weighted by atomic mass is 19.3. The second-order valence-corrected chi connectivity index (χ2v) is 6.19. The molecule has 27 heavy (non-hydrogen) atoms. The van der Waals surface area contributed by atoms with E-state index >= 15 is 0 Å². The second-order valence-electron chi connectivity index (χ2n) is 6.19. The summed E-state index contributed by atoms with van der Waals surface area (Å²) in [4.78, 5) is 27.1. The summed E-state index contributed by atoms with van der Waals surface area (Å²) in [5, 5.41) is 2.75. The van der Waals surface area contributed by atoms with Gasteiger partial charge in [-0.1, -0.05) is 36.4 Å². The molecule has 1 N–H and O–H groups in total. The molecule has 0 fully saturated rings. The summed E-state index contributed by atoms with van der Waals surface area (Å²) in [6, 6.07) is 12.7. The van der Waals surface area contributed by atoms with Gasteiger partial charge in [0.15, 0.2) is 0 Å². The molecule has 2 amide bonds. The fourth-order valence-corrected chi connectivity index (χ4v) is 3.26. The van der Waals surface area contributed by atoms with E-state index in [0.29, 0.717) is 13.0 Å². The number of ether oxygens (including phenoxy) is 1. The summed E-state index contributed by atoms with van der Waals surface area (Å²) in [6.45, 7) is -0.587. The van der Waals surface area contributed by atoms with Crippen molar-refractivity contribution in [1.82, 2.24) is 10.2 Å². The van der Waals surface area contributed by atoms with E-state index in [0.717, 1.165) is 11.1 Å². The largest absolute Gasteiger partial charge is 0.434 e. The van der Waals surface area contributed by atoms with E-state index in [1.807, 2.05) is 24.3 Å². The van der Waals surface area contributed by atoms with Gasteiger partial charge in [0.2, 0.25) is 5.91 Å². The molecule has 2 aromatic carbocycles. The summed E-state index contributed by atoms with van der Waals surface area (Å²) in [7, 11) is 0. The van der Waals surface area contributed by atoms with Crippen LogP contribution < -0.4 is 10.1 Å². The third-order valence-electron chi connectivity index (χ3n) is 4.50. The lowest BCUT2D eigenvalue weighted by Crippen LogP contribution is -2.52. The van der Waals surface area contributed by atoms with Crippen LogP contribution in [0.1, 0.15) is 28.4 Å². The highest BCUT2D eigenvalue weighted by molar-refractivity contribution is 6.00. The topological polar surface area (TPSA) is 58.6 Å². The number of carbonyl (C=O) groups excluding carboxylic acids is 2. The molecular formula is C20H20F2N2O3. The molecule has 3 rings (SSSR count). The standard InChI is InChI=1S/C20H20F2N2O3/c1-2-23-18(25)16-11-13-7-3-4-8-14(13)12-24(16)19(26)15-9-5-6-10-17(15)27-20(21)22/h3-10,16,20H,2,11-12H2,1H3,(H,23,25)/t16-/m1/s1. The molecule has 1 atom stereocenters. The van der Waals surface area contributed by atoms with Gasteiger partial charge in [0, 0.05) is 19.5 Å². The van der Waals surface area contributed by atoms with E-state index in [2.05, 4.69) is 10.1 Å². The van der Waals surface area contributed by atoms with Crippen LogP contribution in [0.5, 0.6) is 5.75 Å². The van der Waals surface area contributed by atoms with Crippen LogP contribution in [0.15, 0.2) is 48.5 Å². The van der Waals surface area contributed by atoms with Gasteiger partial charge in [-0.25, -0.2) is 0 Å². The van der Waals surface area contributed by atoms with Gasteiger partial charge in [-0.05, 0) is 30.2 Å². The Morgan fingerprint density at radius 2 is 1.81 bits per heavy atom. The van der Waals surface area contributed by atoms with Gasteiger partial charge in [-0.15, -0.1) is 0 Å². The molecule has 0 saturated heterocycles. The van der Waals surface area contributed by atoms with Crippen LogP contribution in [0.25, 0.3) is 0 Å². The Kier molecular flexibility index (Phi) is 5.69. The molecule has 0 spiro atoms. The van der Waals surface area contributed by atoms with Gasteiger partial charge in [-0.2, -0.15) is 8.78 Å². The van der Waals surface area contributed by atoms with Crippen LogP contribution in [0.4, 0.5) is 8.78 Å². The van der Waals surface area contributed by atoms with Crippen molar-refractivity contribution in [1.29, 1.82) is 0 Å². The minimum Gasteiger partial charge on any atom is -0.434 e. The zero-order valence-corrected chi connectivity index (χ0v) is 14.8. The van der Waals surface area contributed by atoms with Crippen molar-refractivity contribution in [3.8, 4) is 5.75 Å². The van der Waals surface area contributed by atoms with Crippen molar-refractivity contribution in [2.75, 3.05) is 6.54 Å². The number of para-hydroxylation sites is 1. The van der Waals surface area contributed by atoms with Crippen molar-refractivity contribution in [2.24, 2.45) is 0 Å². The molecule has 0 unspecified atom stereocenters. The first kappa shape index (κ1) is 18.8. The Hall–Kier alpha value is -2.96. The van der Waals surface area contributed by atoms with E-state index < -0.39 is 18.6 Å². The lowest BCUT2D eigenvalue weighted by molar-refractivity contribution is -0.126. The first-order chi connectivity index (χ1) is 13.0. The van der Waals surface area contributed by atoms with Crippen LogP contribution >= 0.6 is 0 Å². The third-order valence-corrected chi connectivity index (χ3v) is 4.50. The predicted molar refractivity (Wildman–Crippen MR) is 95.6 cm³/mol. The summed E-state index contributed by atoms with van der Waals surface area (Å²) in [5.74, 6) is -0.990. The van der Waals surface area contributed by atoms with E-state index in [-0.39, 0.29) is 23.8 Å². The number of amides is 2. The van der Waals surface area contributed by atoms with Crippen LogP contribution in [-0.2, 0) is 17.8 Å². The number of hydrogen-bond acceptors (Lipinski definition) is 3. The van der Waals surface area contributed by atoms with Gasteiger partial charge in [0.25, 0.3) is 5.91 Å². The summed E-state index contributed by atoms with van der Waals surface area (Å²) in [5.41, 5.74) is 1.93. The maximum atomic E-state index is 13.2. The lowest BCUT2D eigenvalue weighted by atomic mass is 9.92. The van der Waals surface area contributed by atoms with Gasteiger partial charge in [-0.3, -0.25) is 9.59 Å². The molecular weight excluding hydrogens is 354 g/mol. The smallest absolute Gasteiger partial charge is 0.387 e. The quantitative estimate of drug-likeness (QED) is 0.875. The Labute approximate surface area is 155 Å². The minimum atomic E-state index is -3.04. The number of hydrogen-bond donors (Lipinski definition) is 1. The Morgan fingerprint density at radius 1 is 1.15 bits per heavy atom. The van der Waals surface area contributed by atoms with E-state index in [1.54, 1.807) is 13.0 Å². The van der Waals surface area contributed by atoms with Crippen molar-refractivity contribution in [3.63, 3.8) is 0 Å². The molecule has 0 radical (unpaired) electrons. The van der Waals surface area contributed by atoms with Crippen LogP contribution in [0.2, 0.25) is 0 Å².